The zero-order valence-corrected chi connectivity index (χ0v) is 16.7. The zero-order chi connectivity index (χ0) is 19.6. The number of nitrogens with zero attached hydrogens (tertiary/aromatic N) is 1. The highest BCUT2D eigenvalue weighted by atomic mass is 35.5. The lowest BCUT2D eigenvalue weighted by Gasteiger charge is -2.24. The molecule has 1 aromatic heterocycles. The number of fused-ring (bicyclic) bond motifs is 1. The summed E-state index contributed by atoms with van der Waals surface area (Å²) in [5.41, 5.74) is 5.59. The van der Waals surface area contributed by atoms with Crippen LogP contribution in [0.4, 0.5) is 5.69 Å². The van der Waals surface area contributed by atoms with E-state index in [-0.39, 0.29) is 5.41 Å². The van der Waals surface area contributed by atoms with E-state index in [1.165, 1.54) is 11.3 Å². The van der Waals surface area contributed by atoms with Crippen LogP contribution in [0.3, 0.4) is 0 Å². The Labute approximate surface area is 170 Å². The van der Waals surface area contributed by atoms with Crippen molar-refractivity contribution in [2.75, 3.05) is 18.4 Å². The van der Waals surface area contributed by atoms with E-state index in [0.29, 0.717) is 5.89 Å². The van der Waals surface area contributed by atoms with E-state index in [4.69, 9.17) is 16.0 Å². The maximum absolute atomic E-state index is 6.20. The molecule has 2 heterocycles. The lowest BCUT2D eigenvalue weighted by Crippen LogP contribution is -2.26. The summed E-state index contributed by atoms with van der Waals surface area (Å²) in [4.78, 5) is 4.17. The molecule has 1 aliphatic heterocycles. The number of halogens is 1. The van der Waals surface area contributed by atoms with Gasteiger partial charge in [0.1, 0.15) is 6.26 Å². The lowest BCUT2D eigenvalue weighted by molar-refractivity contribution is 0.458. The van der Waals surface area contributed by atoms with E-state index >= 15 is 0 Å². The molecule has 0 saturated heterocycles. The van der Waals surface area contributed by atoms with Crippen molar-refractivity contribution in [3.63, 3.8) is 0 Å². The van der Waals surface area contributed by atoms with Gasteiger partial charge in [-0.2, -0.15) is 0 Å². The number of rotatable bonds is 7. The second-order valence-corrected chi connectivity index (χ2v) is 7.96. The van der Waals surface area contributed by atoms with Crippen LogP contribution in [0.2, 0.25) is 5.02 Å². The van der Waals surface area contributed by atoms with E-state index in [1.807, 2.05) is 30.3 Å². The first-order chi connectivity index (χ1) is 13.5. The first kappa shape index (κ1) is 18.6. The van der Waals surface area contributed by atoms with Crippen LogP contribution in [0.1, 0.15) is 30.9 Å². The molecule has 144 valence electrons. The standard InChI is InChI=1S/C23H24ClN3O/c1-16(17-4-6-18(7-5-17)22-26-12-13-28-22)25-11-3-10-23(2)15-27-21-9-8-19(24)14-20(21)23/h4-9,12-14,25,27H,1,3,10-11,15H2,2H3. The molecule has 0 spiro atoms. The molecule has 3 aromatic rings. The molecule has 0 saturated carbocycles. The molecule has 0 bridgehead atoms. The van der Waals surface area contributed by atoms with Gasteiger partial charge in [-0.25, -0.2) is 4.98 Å². The van der Waals surface area contributed by atoms with Crippen molar-refractivity contribution >= 4 is 23.0 Å². The molecule has 1 aliphatic rings. The molecular formula is C23H24ClN3O. The van der Waals surface area contributed by atoms with Gasteiger partial charge in [0, 0.05) is 40.5 Å². The molecule has 1 unspecified atom stereocenters. The second kappa shape index (κ2) is 7.72. The predicted molar refractivity (Wildman–Crippen MR) is 116 cm³/mol. The first-order valence-electron chi connectivity index (χ1n) is 9.52. The SMILES string of the molecule is C=C(NCCCC1(C)CNc2ccc(Cl)cc21)c1ccc(-c2ncco2)cc1. The Morgan fingerprint density at radius 1 is 1.29 bits per heavy atom. The number of anilines is 1. The van der Waals surface area contributed by atoms with Crippen molar-refractivity contribution in [1.82, 2.24) is 10.3 Å². The van der Waals surface area contributed by atoms with E-state index in [9.17, 15) is 0 Å². The third-order valence-electron chi connectivity index (χ3n) is 5.46. The average Bonchev–Trinajstić information content (AvgIpc) is 3.35. The molecule has 4 rings (SSSR count). The number of nitrogens with one attached hydrogen (secondary N) is 2. The highest BCUT2D eigenvalue weighted by molar-refractivity contribution is 6.30. The summed E-state index contributed by atoms with van der Waals surface area (Å²) >= 11 is 6.20. The van der Waals surface area contributed by atoms with Crippen molar-refractivity contribution in [2.24, 2.45) is 0 Å². The summed E-state index contributed by atoms with van der Waals surface area (Å²) in [7, 11) is 0. The van der Waals surface area contributed by atoms with Crippen LogP contribution >= 0.6 is 11.6 Å². The number of hydrogen-bond donors (Lipinski definition) is 2. The van der Waals surface area contributed by atoms with E-state index in [1.54, 1.807) is 12.5 Å². The van der Waals surface area contributed by atoms with Crippen molar-refractivity contribution in [2.45, 2.75) is 25.2 Å². The second-order valence-electron chi connectivity index (χ2n) is 7.53. The summed E-state index contributed by atoms with van der Waals surface area (Å²) in [5, 5.41) is 7.75. The van der Waals surface area contributed by atoms with Crippen LogP contribution in [0.5, 0.6) is 0 Å². The van der Waals surface area contributed by atoms with Crippen molar-refractivity contribution < 1.29 is 4.42 Å². The molecule has 1 atom stereocenters. The van der Waals surface area contributed by atoms with Crippen LogP contribution in [-0.2, 0) is 5.41 Å². The number of aromatic nitrogens is 1. The average molecular weight is 394 g/mol. The fourth-order valence-corrected chi connectivity index (χ4v) is 3.95. The first-order valence-corrected chi connectivity index (χ1v) is 9.90. The molecule has 4 nitrogen and oxygen atoms in total. The van der Waals surface area contributed by atoms with Crippen molar-refractivity contribution in [1.29, 1.82) is 0 Å². The number of benzene rings is 2. The fourth-order valence-electron chi connectivity index (χ4n) is 3.78. The molecular weight excluding hydrogens is 370 g/mol. The summed E-state index contributed by atoms with van der Waals surface area (Å²) in [6, 6.07) is 14.2. The van der Waals surface area contributed by atoms with Crippen molar-refractivity contribution in [3.8, 4) is 11.5 Å². The molecule has 28 heavy (non-hydrogen) atoms. The summed E-state index contributed by atoms with van der Waals surface area (Å²) in [5.74, 6) is 0.629. The molecule has 0 radical (unpaired) electrons. The van der Waals surface area contributed by atoms with Gasteiger partial charge >= 0.3 is 0 Å². The third kappa shape index (κ3) is 3.78. The smallest absolute Gasteiger partial charge is 0.225 e. The lowest BCUT2D eigenvalue weighted by atomic mass is 9.80. The summed E-state index contributed by atoms with van der Waals surface area (Å²) in [6.45, 7) is 8.31. The van der Waals surface area contributed by atoms with Gasteiger partial charge in [0.15, 0.2) is 0 Å². The number of hydrogen-bond acceptors (Lipinski definition) is 4. The molecule has 0 amide bonds. The number of oxazole rings is 1. The van der Waals surface area contributed by atoms with Crippen LogP contribution in [0.25, 0.3) is 17.2 Å². The maximum atomic E-state index is 6.20. The minimum Gasteiger partial charge on any atom is -0.445 e. The Kier molecular flexibility index (Phi) is 5.14. The molecule has 5 heteroatoms. The van der Waals surface area contributed by atoms with Crippen LogP contribution in [0, 0.1) is 0 Å². The van der Waals surface area contributed by atoms with Crippen LogP contribution < -0.4 is 10.6 Å². The van der Waals surface area contributed by atoms with Crippen LogP contribution in [-0.4, -0.2) is 18.1 Å². The Morgan fingerprint density at radius 2 is 2.11 bits per heavy atom. The highest BCUT2D eigenvalue weighted by Crippen LogP contribution is 2.40. The maximum Gasteiger partial charge on any atom is 0.225 e. The minimum absolute atomic E-state index is 0.112. The third-order valence-corrected chi connectivity index (χ3v) is 5.69. The summed E-state index contributed by atoms with van der Waals surface area (Å²) < 4.78 is 5.33. The van der Waals surface area contributed by atoms with Gasteiger partial charge in [-0.05, 0) is 54.3 Å². The normalized spacial score (nSPS) is 17.8. The monoisotopic (exact) mass is 393 g/mol. The van der Waals surface area contributed by atoms with Crippen molar-refractivity contribution in [3.05, 3.63) is 77.7 Å². The summed E-state index contributed by atoms with van der Waals surface area (Å²) in [6.07, 6.45) is 5.36. The Balaban J connectivity index is 1.30. The fraction of sp³-hybridized carbons (Fsp3) is 0.261. The van der Waals surface area contributed by atoms with Gasteiger partial charge in [-0.1, -0.05) is 37.2 Å². The molecule has 2 N–H and O–H groups in total. The topological polar surface area (TPSA) is 50.1 Å². The minimum atomic E-state index is 0.112. The van der Waals surface area contributed by atoms with Gasteiger partial charge in [0.2, 0.25) is 5.89 Å². The van der Waals surface area contributed by atoms with Gasteiger partial charge in [0.25, 0.3) is 0 Å². The molecule has 2 aromatic carbocycles. The predicted octanol–water partition coefficient (Wildman–Crippen LogP) is 5.72. The van der Waals surface area contributed by atoms with Gasteiger partial charge < -0.3 is 15.1 Å². The molecule has 0 fully saturated rings. The zero-order valence-electron chi connectivity index (χ0n) is 16.0. The van der Waals surface area contributed by atoms with Gasteiger partial charge in [-0.3, -0.25) is 0 Å². The highest BCUT2D eigenvalue weighted by Gasteiger charge is 2.33. The largest absolute Gasteiger partial charge is 0.445 e. The van der Waals surface area contributed by atoms with Gasteiger partial charge in [0.05, 0.1) is 6.20 Å². The van der Waals surface area contributed by atoms with E-state index < -0.39 is 0 Å². The Hall–Kier alpha value is -2.72. The van der Waals surface area contributed by atoms with Crippen LogP contribution in [0.15, 0.2) is 65.9 Å². The van der Waals surface area contributed by atoms with E-state index in [2.05, 4.69) is 41.3 Å². The van der Waals surface area contributed by atoms with Gasteiger partial charge in [-0.15, -0.1) is 0 Å². The molecule has 0 aliphatic carbocycles. The quantitative estimate of drug-likeness (QED) is 0.504. The Morgan fingerprint density at radius 3 is 2.86 bits per heavy atom. The Bertz CT molecular complexity index is 966. The van der Waals surface area contributed by atoms with E-state index in [0.717, 1.165) is 47.8 Å².